The first-order valence-corrected chi connectivity index (χ1v) is 10.6. The molecular formula is C26H24N2O4. The van der Waals surface area contributed by atoms with Crippen LogP contribution in [0.1, 0.15) is 39.9 Å². The summed E-state index contributed by atoms with van der Waals surface area (Å²) in [5.41, 5.74) is 5.94. The average molecular weight is 428 g/mol. The van der Waals surface area contributed by atoms with Crippen molar-refractivity contribution in [3.63, 3.8) is 0 Å². The molecule has 3 aromatic carbocycles. The summed E-state index contributed by atoms with van der Waals surface area (Å²) >= 11 is 0. The molecule has 0 saturated heterocycles. The van der Waals surface area contributed by atoms with E-state index in [4.69, 9.17) is 0 Å². The van der Waals surface area contributed by atoms with Crippen molar-refractivity contribution in [2.75, 3.05) is 0 Å². The zero-order valence-electron chi connectivity index (χ0n) is 17.5. The molecular weight excluding hydrogens is 404 g/mol. The van der Waals surface area contributed by atoms with Gasteiger partial charge in [0.2, 0.25) is 5.91 Å². The van der Waals surface area contributed by atoms with Crippen LogP contribution in [0, 0.1) is 0 Å². The minimum Gasteiger partial charge on any atom is -0.480 e. The van der Waals surface area contributed by atoms with Crippen LogP contribution >= 0.6 is 0 Å². The maximum atomic E-state index is 12.6. The van der Waals surface area contributed by atoms with Crippen LogP contribution in [0.25, 0.3) is 11.1 Å². The fourth-order valence-corrected chi connectivity index (χ4v) is 3.97. The van der Waals surface area contributed by atoms with Gasteiger partial charge in [-0.3, -0.25) is 19.7 Å². The lowest BCUT2D eigenvalue weighted by Gasteiger charge is -2.14. The quantitative estimate of drug-likeness (QED) is 0.399. The summed E-state index contributed by atoms with van der Waals surface area (Å²) in [6, 6.07) is 22.1. The van der Waals surface area contributed by atoms with Gasteiger partial charge in [-0.25, -0.2) is 0 Å². The highest BCUT2D eigenvalue weighted by molar-refractivity contribution is 6.05. The molecule has 6 heteroatoms. The topological polar surface area (TPSA) is 95.5 Å². The Balaban J connectivity index is 1.31. The van der Waals surface area contributed by atoms with Crippen molar-refractivity contribution in [3.05, 3.63) is 95.1 Å². The molecule has 1 atom stereocenters. The first-order chi connectivity index (χ1) is 15.5. The van der Waals surface area contributed by atoms with Crippen LogP contribution in [0.3, 0.4) is 0 Å². The van der Waals surface area contributed by atoms with Crippen LogP contribution in [0.5, 0.6) is 0 Å². The Hall–Kier alpha value is -3.77. The molecule has 162 valence electrons. The number of carboxylic acid groups (broad SMARTS) is 1. The van der Waals surface area contributed by atoms with Crippen molar-refractivity contribution < 1.29 is 19.5 Å². The lowest BCUT2D eigenvalue weighted by atomic mass is 10.0. The Morgan fingerprint density at radius 1 is 0.875 bits per heavy atom. The highest BCUT2D eigenvalue weighted by Crippen LogP contribution is 2.36. The fourth-order valence-electron chi connectivity index (χ4n) is 3.97. The van der Waals surface area contributed by atoms with Gasteiger partial charge >= 0.3 is 5.97 Å². The molecule has 0 fully saturated rings. The maximum Gasteiger partial charge on any atom is 0.320 e. The summed E-state index contributed by atoms with van der Waals surface area (Å²) in [6.07, 6.45) is 0.773. The van der Waals surface area contributed by atoms with E-state index in [2.05, 4.69) is 22.8 Å². The summed E-state index contributed by atoms with van der Waals surface area (Å²) in [7, 11) is 0. The number of carbonyl (C=O) groups is 3. The van der Waals surface area contributed by atoms with E-state index in [1.54, 1.807) is 6.07 Å². The molecule has 4 rings (SSSR count). The van der Waals surface area contributed by atoms with Crippen molar-refractivity contribution in [3.8, 4) is 11.1 Å². The van der Waals surface area contributed by atoms with Crippen LogP contribution < -0.4 is 10.6 Å². The number of hydrogen-bond acceptors (Lipinski definition) is 4. The predicted molar refractivity (Wildman–Crippen MR) is 121 cm³/mol. The van der Waals surface area contributed by atoms with Gasteiger partial charge in [0.1, 0.15) is 6.04 Å². The Bertz CT molecular complexity index is 1160. The van der Waals surface area contributed by atoms with E-state index in [0.717, 1.165) is 23.1 Å². The maximum absolute atomic E-state index is 12.6. The highest BCUT2D eigenvalue weighted by atomic mass is 16.4. The van der Waals surface area contributed by atoms with Crippen molar-refractivity contribution in [2.45, 2.75) is 31.8 Å². The number of carboxylic acids is 1. The van der Waals surface area contributed by atoms with Crippen LogP contribution in [-0.2, 0) is 22.6 Å². The van der Waals surface area contributed by atoms with Gasteiger partial charge in [-0.1, -0.05) is 60.7 Å². The van der Waals surface area contributed by atoms with Crippen molar-refractivity contribution in [2.24, 2.45) is 0 Å². The number of carbonyl (C=O) groups excluding carboxylic acids is 2. The van der Waals surface area contributed by atoms with Crippen LogP contribution in [0.2, 0.25) is 0 Å². The highest BCUT2D eigenvalue weighted by Gasteiger charge is 2.21. The second-order valence-electron chi connectivity index (χ2n) is 7.88. The van der Waals surface area contributed by atoms with E-state index in [1.807, 2.05) is 54.6 Å². The van der Waals surface area contributed by atoms with E-state index in [0.29, 0.717) is 12.1 Å². The standard InChI is InChI=1S/C26H24N2O4/c29-24(13-12-23(26(31)32)27-16-17-6-2-1-3-7-17)28-25(30)19-10-11-22-20(15-19)14-18-8-4-5-9-21(18)22/h1-11,15,23,27H,12-14,16H2,(H,31,32)(H,28,29,30)/t23-/m0/s1. The van der Waals surface area contributed by atoms with Gasteiger partial charge < -0.3 is 10.4 Å². The monoisotopic (exact) mass is 428 g/mol. The van der Waals surface area contributed by atoms with Crippen LogP contribution in [0.15, 0.2) is 72.8 Å². The summed E-state index contributed by atoms with van der Waals surface area (Å²) in [5.74, 6) is -2.00. The lowest BCUT2D eigenvalue weighted by molar-refractivity contribution is -0.139. The number of benzene rings is 3. The Kier molecular flexibility index (Phi) is 6.42. The Morgan fingerprint density at radius 2 is 1.59 bits per heavy atom. The second-order valence-corrected chi connectivity index (χ2v) is 7.88. The summed E-state index contributed by atoms with van der Waals surface area (Å²) in [6.45, 7) is 0.385. The Morgan fingerprint density at radius 3 is 2.38 bits per heavy atom. The van der Waals surface area contributed by atoms with E-state index in [1.165, 1.54) is 11.1 Å². The van der Waals surface area contributed by atoms with Crippen molar-refractivity contribution in [1.82, 2.24) is 10.6 Å². The van der Waals surface area contributed by atoms with Crippen LogP contribution in [-0.4, -0.2) is 28.9 Å². The smallest absolute Gasteiger partial charge is 0.320 e. The molecule has 1 aliphatic rings. The van der Waals surface area contributed by atoms with E-state index >= 15 is 0 Å². The molecule has 3 N–H and O–H groups in total. The molecule has 1 aliphatic carbocycles. The molecule has 3 aromatic rings. The predicted octanol–water partition coefficient (Wildman–Crippen LogP) is 3.54. The molecule has 0 spiro atoms. The third kappa shape index (κ3) is 4.92. The number of amides is 2. The van der Waals surface area contributed by atoms with E-state index in [9.17, 15) is 19.5 Å². The summed E-state index contributed by atoms with van der Waals surface area (Å²) in [5, 5.41) is 14.8. The van der Waals surface area contributed by atoms with Gasteiger partial charge in [-0.05, 0) is 52.8 Å². The van der Waals surface area contributed by atoms with Crippen LogP contribution in [0.4, 0.5) is 0 Å². The SMILES string of the molecule is O=C(CC[C@H](NCc1ccccc1)C(=O)O)NC(=O)c1ccc2c(c1)Cc1ccccc1-2. The average Bonchev–Trinajstić information content (AvgIpc) is 3.17. The lowest BCUT2D eigenvalue weighted by Crippen LogP contribution is -2.38. The first kappa shape index (κ1) is 21.5. The molecule has 32 heavy (non-hydrogen) atoms. The van der Waals surface area contributed by atoms with Crippen molar-refractivity contribution in [1.29, 1.82) is 0 Å². The van der Waals surface area contributed by atoms with E-state index < -0.39 is 23.8 Å². The summed E-state index contributed by atoms with van der Waals surface area (Å²) < 4.78 is 0. The largest absolute Gasteiger partial charge is 0.480 e. The molecule has 0 radical (unpaired) electrons. The number of rotatable bonds is 8. The molecule has 0 unspecified atom stereocenters. The zero-order chi connectivity index (χ0) is 22.5. The molecule has 0 saturated carbocycles. The number of imide groups is 1. The minimum absolute atomic E-state index is 0.0686. The van der Waals surface area contributed by atoms with Crippen molar-refractivity contribution >= 4 is 17.8 Å². The van der Waals surface area contributed by atoms with Gasteiger partial charge in [-0.2, -0.15) is 0 Å². The summed E-state index contributed by atoms with van der Waals surface area (Å²) in [4.78, 5) is 36.4. The Labute approximate surface area is 186 Å². The van der Waals surface area contributed by atoms with Gasteiger partial charge in [0.05, 0.1) is 0 Å². The molecule has 0 aliphatic heterocycles. The van der Waals surface area contributed by atoms with Gasteiger partial charge in [0, 0.05) is 18.5 Å². The van der Waals surface area contributed by atoms with Gasteiger partial charge in [0.25, 0.3) is 5.91 Å². The molecule has 6 nitrogen and oxygen atoms in total. The number of hydrogen-bond donors (Lipinski definition) is 3. The fraction of sp³-hybridized carbons (Fsp3) is 0.192. The molecule has 0 heterocycles. The van der Waals surface area contributed by atoms with E-state index in [-0.39, 0.29) is 12.8 Å². The number of aliphatic carboxylic acids is 1. The van der Waals surface area contributed by atoms with Gasteiger partial charge in [0.15, 0.2) is 0 Å². The second kappa shape index (κ2) is 9.58. The third-order valence-electron chi connectivity index (χ3n) is 5.66. The van der Waals surface area contributed by atoms with Gasteiger partial charge in [-0.15, -0.1) is 0 Å². The zero-order valence-corrected chi connectivity index (χ0v) is 17.5. The number of fused-ring (bicyclic) bond motifs is 3. The molecule has 0 aromatic heterocycles. The molecule has 2 amide bonds. The number of nitrogens with one attached hydrogen (secondary N) is 2. The molecule has 0 bridgehead atoms. The normalized spacial score (nSPS) is 12.5. The third-order valence-corrected chi connectivity index (χ3v) is 5.66. The minimum atomic E-state index is -1.03. The first-order valence-electron chi connectivity index (χ1n) is 10.6.